The fourth-order valence-corrected chi connectivity index (χ4v) is 1.85. The molecule has 0 fully saturated rings. The van der Waals surface area contributed by atoms with Crippen molar-refractivity contribution in [2.45, 2.75) is 6.42 Å². The molecule has 0 spiro atoms. The van der Waals surface area contributed by atoms with Gasteiger partial charge in [-0.25, -0.2) is 0 Å². The zero-order valence-electron chi connectivity index (χ0n) is 11.8. The van der Waals surface area contributed by atoms with Crippen LogP contribution in [0.15, 0.2) is 24.3 Å². The van der Waals surface area contributed by atoms with Crippen LogP contribution in [0.25, 0.3) is 0 Å². The second-order valence-corrected chi connectivity index (χ2v) is 5.31. The molecule has 1 rings (SSSR count). The van der Waals surface area contributed by atoms with Gasteiger partial charge in [-0.2, -0.15) is 0 Å². The van der Waals surface area contributed by atoms with Crippen molar-refractivity contribution in [2.24, 2.45) is 5.73 Å². The number of carbonyl (C=O) groups excluding carboxylic acids is 1. The molecule has 0 aromatic heterocycles. The van der Waals surface area contributed by atoms with Crippen LogP contribution < -0.4 is 11.1 Å². The number of likely N-dealkylation sites (N-methyl/N-ethyl adjacent to an activating group) is 1. The maximum Gasteiger partial charge on any atom is 0.279 e. The van der Waals surface area contributed by atoms with Crippen molar-refractivity contribution in [1.29, 1.82) is 0 Å². The van der Waals surface area contributed by atoms with E-state index in [-0.39, 0.29) is 11.6 Å². The minimum Gasteiger partial charge on any atom is -0.330 e. The highest BCUT2D eigenvalue weighted by atomic mass is 16.6. The highest BCUT2D eigenvalue weighted by molar-refractivity contribution is 5.91. The summed E-state index contributed by atoms with van der Waals surface area (Å²) in [4.78, 5) is 22.0. The number of nitrogens with two attached hydrogens (primary N) is 1. The van der Waals surface area contributed by atoms with Gasteiger partial charge in [-0.3, -0.25) is 14.9 Å². The van der Waals surface area contributed by atoms with Gasteiger partial charge in [0.1, 0.15) is 0 Å². The molecule has 0 unspecified atom stereocenters. The Labute approximate surface area is 118 Å². The number of anilines is 1. The Morgan fingerprint density at radius 2 is 1.95 bits per heavy atom. The second kappa shape index (κ2) is 6.97. The third kappa shape index (κ3) is 5.33. The summed E-state index contributed by atoms with van der Waals surface area (Å²) in [5.41, 5.74) is 6.02. The third-order valence-corrected chi connectivity index (χ3v) is 2.90. The lowest BCUT2D eigenvalue weighted by Crippen LogP contribution is -2.46. The van der Waals surface area contributed by atoms with E-state index in [0.29, 0.717) is 23.3 Å². The molecule has 1 aromatic carbocycles. The minimum atomic E-state index is -0.474. The van der Waals surface area contributed by atoms with Crippen molar-refractivity contribution in [3.8, 4) is 0 Å². The number of nitro benzene ring substituents is 1. The Hall–Kier alpha value is -1.99. The molecule has 110 valence electrons. The van der Waals surface area contributed by atoms with E-state index in [4.69, 9.17) is 5.73 Å². The van der Waals surface area contributed by atoms with E-state index in [0.717, 1.165) is 13.0 Å². The van der Waals surface area contributed by atoms with E-state index in [9.17, 15) is 14.9 Å². The number of benzene rings is 1. The molecule has 0 atom stereocenters. The summed E-state index contributed by atoms with van der Waals surface area (Å²) in [5, 5.41) is 13.3. The smallest absolute Gasteiger partial charge is 0.279 e. The number of nitro groups is 1. The maximum absolute atomic E-state index is 11.9. The summed E-state index contributed by atoms with van der Waals surface area (Å²) in [5.74, 6) is -0.124. The van der Waals surface area contributed by atoms with Crippen molar-refractivity contribution >= 4 is 17.3 Å². The molecule has 0 bridgehead atoms. The van der Waals surface area contributed by atoms with Gasteiger partial charge in [0.2, 0.25) is 0 Å². The standard InChI is InChI=1S/C13H20N4O3/c1-17(2,9-3-8-14)10-13(18)15-11-4-6-12(7-5-11)16(19)20/h4-7H,3,8-10,14H2,1-2H3/p+1. The number of nitrogens with zero attached hydrogens (tertiary/aromatic N) is 2. The van der Waals surface area contributed by atoms with Crippen LogP contribution in [-0.2, 0) is 4.79 Å². The van der Waals surface area contributed by atoms with E-state index in [1.165, 1.54) is 24.3 Å². The molecule has 1 aromatic rings. The highest BCUT2D eigenvalue weighted by Gasteiger charge is 2.19. The summed E-state index contributed by atoms with van der Waals surface area (Å²) in [6.45, 7) is 1.76. The molecule has 20 heavy (non-hydrogen) atoms. The Morgan fingerprint density at radius 3 is 2.45 bits per heavy atom. The van der Waals surface area contributed by atoms with Gasteiger partial charge in [-0.1, -0.05) is 0 Å². The summed E-state index contributed by atoms with van der Waals surface area (Å²) < 4.78 is 0.552. The molecule has 0 aliphatic rings. The fourth-order valence-electron chi connectivity index (χ4n) is 1.85. The van der Waals surface area contributed by atoms with E-state index in [1.807, 2.05) is 14.1 Å². The SMILES string of the molecule is C[N+](C)(CCCN)CC(=O)Nc1ccc([N+](=O)[O-])cc1. The molecule has 7 nitrogen and oxygen atoms in total. The lowest BCUT2D eigenvalue weighted by atomic mass is 10.2. The molecule has 0 heterocycles. The van der Waals surface area contributed by atoms with Crippen LogP contribution in [0.2, 0.25) is 0 Å². The Kier molecular flexibility index (Phi) is 5.60. The molecule has 0 aliphatic heterocycles. The summed E-state index contributed by atoms with van der Waals surface area (Å²) in [7, 11) is 3.93. The molecule has 3 N–H and O–H groups in total. The molecule has 1 amide bonds. The van der Waals surface area contributed by atoms with Gasteiger partial charge in [-0.15, -0.1) is 0 Å². The van der Waals surface area contributed by atoms with Gasteiger partial charge in [0.25, 0.3) is 11.6 Å². The molecular formula is C13H21N4O3+. The first-order chi connectivity index (χ1) is 9.34. The monoisotopic (exact) mass is 281 g/mol. The molecule has 0 radical (unpaired) electrons. The molecule has 7 heteroatoms. The predicted molar refractivity (Wildman–Crippen MR) is 77.2 cm³/mol. The zero-order chi connectivity index (χ0) is 15.2. The lowest BCUT2D eigenvalue weighted by Gasteiger charge is -2.28. The number of quaternary nitrogens is 1. The topological polar surface area (TPSA) is 98.3 Å². The predicted octanol–water partition coefficient (Wildman–Crippen LogP) is 0.959. The highest BCUT2D eigenvalue weighted by Crippen LogP contribution is 2.15. The van der Waals surface area contributed by atoms with Gasteiger partial charge >= 0.3 is 0 Å². The largest absolute Gasteiger partial charge is 0.330 e. The van der Waals surface area contributed by atoms with E-state index >= 15 is 0 Å². The summed E-state index contributed by atoms with van der Waals surface area (Å²) >= 11 is 0. The van der Waals surface area contributed by atoms with Crippen LogP contribution >= 0.6 is 0 Å². The minimum absolute atomic E-state index is 0.00190. The van der Waals surface area contributed by atoms with Crippen LogP contribution in [0.4, 0.5) is 11.4 Å². The van der Waals surface area contributed by atoms with E-state index in [2.05, 4.69) is 5.32 Å². The van der Waals surface area contributed by atoms with E-state index in [1.54, 1.807) is 0 Å². The first-order valence-electron chi connectivity index (χ1n) is 6.40. The van der Waals surface area contributed by atoms with Crippen molar-refractivity contribution in [3.63, 3.8) is 0 Å². The normalized spacial score (nSPS) is 11.2. The van der Waals surface area contributed by atoms with Crippen LogP contribution in [0, 0.1) is 10.1 Å². The number of hydrogen-bond donors (Lipinski definition) is 2. The maximum atomic E-state index is 11.9. The van der Waals surface area contributed by atoms with Gasteiger partial charge < -0.3 is 15.5 Å². The molecule has 0 saturated heterocycles. The third-order valence-electron chi connectivity index (χ3n) is 2.90. The zero-order valence-corrected chi connectivity index (χ0v) is 11.8. The first-order valence-corrected chi connectivity index (χ1v) is 6.40. The molecule has 0 aliphatic carbocycles. The van der Waals surface area contributed by atoms with Crippen LogP contribution in [0.3, 0.4) is 0 Å². The van der Waals surface area contributed by atoms with Gasteiger partial charge in [0.05, 0.1) is 25.6 Å². The number of nitrogens with one attached hydrogen (secondary N) is 1. The second-order valence-electron chi connectivity index (χ2n) is 5.31. The van der Waals surface area contributed by atoms with Crippen LogP contribution in [0.5, 0.6) is 0 Å². The van der Waals surface area contributed by atoms with Crippen molar-refractivity contribution in [3.05, 3.63) is 34.4 Å². The lowest BCUT2D eigenvalue weighted by molar-refractivity contribution is -0.882. The Morgan fingerprint density at radius 1 is 1.35 bits per heavy atom. The summed E-state index contributed by atoms with van der Waals surface area (Å²) in [6.07, 6.45) is 0.859. The number of non-ortho nitro benzene ring substituents is 1. The number of hydrogen-bond acceptors (Lipinski definition) is 4. The van der Waals surface area contributed by atoms with E-state index < -0.39 is 4.92 Å². The molecular weight excluding hydrogens is 260 g/mol. The average Bonchev–Trinajstić information content (AvgIpc) is 2.36. The Balaban J connectivity index is 2.55. The quantitative estimate of drug-likeness (QED) is 0.442. The Bertz CT molecular complexity index is 471. The van der Waals surface area contributed by atoms with Crippen molar-refractivity contribution in [2.75, 3.05) is 39.0 Å². The first kappa shape index (κ1) is 16.1. The van der Waals surface area contributed by atoms with Gasteiger partial charge in [0.15, 0.2) is 6.54 Å². The molecule has 0 saturated carbocycles. The number of amides is 1. The number of carbonyl (C=O) groups is 1. The average molecular weight is 281 g/mol. The summed E-state index contributed by atoms with van der Waals surface area (Å²) in [6, 6.07) is 5.78. The van der Waals surface area contributed by atoms with Gasteiger partial charge in [0, 0.05) is 24.2 Å². The van der Waals surface area contributed by atoms with Crippen LogP contribution in [0.1, 0.15) is 6.42 Å². The number of rotatable bonds is 7. The van der Waals surface area contributed by atoms with Crippen molar-refractivity contribution in [1.82, 2.24) is 0 Å². The van der Waals surface area contributed by atoms with Crippen molar-refractivity contribution < 1.29 is 14.2 Å². The van der Waals surface area contributed by atoms with Gasteiger partial charge in [-0.05, 0) is 18.7 Å². The van der Waals surface area contributed by atoms with Crippen LogP contribution in [-0.4, -0.2) is 49.0 Å². The fraction of sp³-hybridized carbons (Fsp3) is 0.462.